The molecule has 0 aliphatic carbocycles. The fraction of sp³-hybridized carbons (Fsp3) is 0.529. The molecule has 24 heavy (non-hydrogen) atoms. The second-order valence-electron chi connectivity index (χ2n) is 5.98. The Morgan fingerprint density at radius 1 is 1.54 bits per heavy atom. The third-order valence-corrected chi connectivity index (χ3v) is 5.11. The summed E-state index contributed by atoms with van der Waals surface area (Å²) in [7, 11) is 1.62. The summed E-state index contributed by atoms with van der Waals surface area (Å²) in [5.41, 5.74) is 0. The Labute approximate surface area is 145 Å². The number of ether oxygens (including phenoxy) is 1. The molecular weight excluding hydrogens is 326 g/mol. The number of nitrogens with one attached hydrogen (secondary N) is 1. The van der Waals surface area contributed by atoms with Crippen molar-refractivity contribution in [1.82, 2.24) is 15.2 Å². The van der Waals surface area contributed by atoms with Gasteiger partial charge in [0.15, 0.2) is 0 Å². The van der Waals surface area contributed by atoms with Gasteiger partial charge in [-0.3, -0.25) is 0 Å². The van der Waals surface area contributed by atoms with E-state index in [1.54, 1.807) is 24.6 Å². The molecule has 0 bridgehead atoms. The molecule has 1 N–H and O–H groups in total. The molecule has 2 aromatic rings. The minimum atomic E-state index is -0.296. The maximum Gasteiger partial charge on any atom is 0.318 e. The maximum atomic E-state index is 12.9. The van der Waals surface area contributed by atoms with E-state index in [1.165, 1.54) is 0 Å². The van der Waals surface area contributed by atoms with E-state index in [9.17, 15) is 4.79 Å². The lowest BCUT2D eigenvalue weighted by atomic mass is 10.0. The van der Waals surface area contributed by atoms with E-state index in [1.807, 2.05) is 29.3 Å². The Morgan fingerprint density at radius 3 is 3.08 bits per heavy atom. The number of methoxy groups -OCH3 is 1. The minimum Gasteiger partial charge on any atom is -0.464 e. The van der Waals surface area contributed by atoms with Crippen molar-refractivity contribution in [3.8, 4) is 0 Å². The van der Waals surface area contributed by atoms with Gasteiger partial charge in [0.05, 0.1) is 12.6 Å². The third kappa shape index (κ3) is 3.79. The van der Waals surface area contributed by atoms with Gasteiger partial charge in [0.2, 0.25) is 0 Å². The quantitative estimate of drug-likeness (QED) is 0.894. The summed E-state index contributed by atoms with van der Waals surface area (Å²) < 4.78 is 10.9. The van der Waals surface area contributed by atoms with Crippen molar-refractivity contribution in [1.29, 1.82) is 0 Å². The fourth-order valence-electron chi connectivity index (χ4n) is 3.06. The van der Waals surface area contributed by atoms with Gasteiger partial charge in [0.25, 0.3) is 0 Å². The summed E-state index contributed by atoms with van der Waals surface area (Å²) in [5.74, 6) is 1.53. The molecule has 7 heteroatoms. The van der Waals surface area contributed by atoms with E-state index in [-0.39, 0.29) is 18.1 Å². The summed E-state index contributed by atoms with van der Waals surface area (Å²) in [6, 6.07) is 3.44. The molecule has 3 rings (SSSR count). The van der Waals surface area contributed by atoms with Crippen LogP contribution in [0.5, 0.6) is 0 Å². The van der Waals surface area contributed by atoms with Crippen LogP contribution in [0.4, 0.5) is 4.79 Å². The van der Waals surface area contributed by atoms with Gasteiger partial charge >= 0.3 is 6.03 Å². The Morgan fingerprint density at radius 2 is 2.42 bits per heavy atom. The van der Waals surface area contributed by atoms with Crippen molar-refractivity contribution >= 4 is 17.4 Å². The predicted octanol–water partition coefficient (Wildman–Crippen LogP) is 3.67. The van der Waals surface area contributed by atoms with E-state index in [0.29, 0.717) is 12.4 Å². The van der Waals surface area contributed by atoms with Crippen LogP contribution >= 0.6 is 11.3 Å². The highest BCUT2D eigenvalue weighted by Crippen LogP contribution is 2.32. The van der Waals surface area contributed by atoms with Gasteiger partial charge in [-0.2, -0.15) is 0 Å². The molecule has 6 nitrogen and oxygen atoms in total. The highest BCUT2D eigenvalue weighted by Gasteiger charge is 2.31. The van der Waals surface area contributed by atoms with Gasteiger partial charge in [-0.15, -0.1) is 11.3 Å². The highest BCUT2D eigenvalue weighted by molar-refractivity contribution is 7.09. The van der Waals surface area contributed by atoms with E-state index in [0.717, 1.165) is 36.6 Å². The third-order valence-electron chi connectivity index (χ3n) is 4.24. The molecule has 1 fully saturated rings. The molecule has 3 heterocycles. The smallest absolute Gasteiger partial charge is 0.318 e. The number of carbonyl (C=O) groups is 1. The largest absolute Gasteiger partial charge is 0.464 e. The molecule has 1 saturated heterocycles. The van der Waals surface area contributed by atoms with Gasteiger partial charge in [-0.1, -0.05) is 0 Å². The second kappa shape index (κ2) is 7.81. The van der Waals surface area contributed by atoms with E-state index < -0.39 is 0 Å². The van der Waals surface area contributed by atoms with Crippen LogP contribution in [0.15, 0.2) is 28.1 Å². The maximum absolute atomic E-state index is 12.9. The molecule has 0 radical (unpaired) electrons. The zero-order valence-corrected chi connectivity index (χ0v) is 14.8. The van der Waals surface area contributed by atoms with Crippen molar-refractivity contribution in [2.24, 2.45) is 0 Å². The van der Waals surface area contributed by atoms with Crippen LogP contribution in [-0.2, 0) is 4.74 Å². The van der Waals surface area contributed by atoms with Gasteiger partial charge in [-0.05, 0) is 38.3 Å². The summed E-state index contributed by atoms with van der Waals surface area (Å²) in [6.07, 6.45) is 4.89. The van der Waals surface area contributed by atoms with Crippen LogP contribution in [0, 0.1) is 6.92 Å². The number of aromatic nitrogens is 1. The van der Waals surface area contributed by atoms with Gasteiger partial charge in [0, 0.05) is 25.2 Å². The first kappa shape index (κ1) is 17.0. The number of carbonyl (C=O) groups excluding carboxylic acids is 1. The molecule has 0 spiro atoms. The molecule has 2 aromatic heterocycles. The van der Waals surface area contributed by atoms with Crippen molar-refractivity contribution in [2.45, 2.75) is 38.3 Å². The zero-order chi connectivity index (χ0) is 16.9. The standard InChI is InChI=1S/C17H23N3O3S/c1-12-6-7-15(23-12)13(11-22-2)19-17(21)20-9-4-3-5-14(20)16-18-8-10-24-16/h6-8,10,13-14H,3-5,9,11H2,1-2H3,(H,19,21)/t13-,14-/m1/s1. The Hall–Kier alpha value is -1.86. The average Bonchev–Trinajstić information content (AvgIpc) is 3.26. The normalized spacial score (nSPS) is 19.2. The van der Waals surface area contributed by atoms with Crippen molar-refractivity contribution < 1.29 is 13.9 Å². The van der Waals surface area contributed by atoms with Gasteiger partial charge in [0.1, 0.15) is 22.6 Å². The van der Waals surface area contributed by atoms with Crippen LogP contribution in [0.3, 0.4) is 0 Å². The molecule has 2 amide bonds. The number of likely N-dealkylation sites (tertiary alicyclic amines) is 1. The first-order chi connectivity index (χ1) is 11.7. The number of rotatable bonds is 5. The summed E-state index contributed by atoms with van der Waals surface area (Å²) in [4.78, 5) is 19.2. The number of furan rings is 1. The highest BCUT2D eigenvalue weighted by atomic mass is 32.1. The van der Waals surface area contributed by atoms with Crippen LogP contribution in [0.2, 0.25) is 0 Å². The van der Waals surface area contributed by atoms with Crippen LogP contribution in [-0.4, -0.2) is 36.2 Å². The first-order valence-electron chi connectivity index (χ1n) is 8.21. The topological polar surface area (TPSA) is 67.6 Å². The molecule has 2 atom stereocenters. The lowest BCUT2D eigenvalue weighted by Crippen LogP contribution is -2.46. The van der Waals surface area contributed by atoms with E-state index in [4.69, 9.17) is 9.15 Å². The molecule has 1 aliphatic rings. The molecule has 1 aliphatic heterocycles. The van der Waals surface area contributed by atoms with E-state index >= 15 is 0 Å². The zero-order valence-electron chi connectivity index (χ0n) is 14.0. The van der Waals surface area contributed by atoms with E-state index in [2.05, 4.69) is 10.3 Å². The SMILES string of the molecule is COC[C@@H](NC(=O)N1CCCC[C@@H]1c1nccs1)c1ccc(C)o1. The van der Waals surface area contributed by atoms with Crippen LogP contribution in [0.1, 0.15) is 47.9 Å². The summed E-state index contributed by atoms with van der Waals surface area (Å²) in [6.45, 7) is 3.00. The average molecular weight is 349 g/mol. The Balaban J connectivity index is 1.73. The lowest BCUT2D eigenvalue weighted by molar-refractivity contribution is 0.127. The molecular formula is C17H23N3O3S. The fourth-order valence-corrected chi connectivity index (χ4v) is 3.85. The monoisotopic (exact) mass is 349 g/mol. The number of amides is 2. The van der Waals surface area contributed by atoms with Gasteiger partial charge in [-0.25, -0.2) is 9.78 Å². The summed E-state index contributed by atoms with van der Waals surface area (Å²) in [5, 5.41) is 6.01. The number of nitrogens with zero attached hydrogens (tertiary/aromatic N) is 2. The van der Waals surface area contributed by atoms with Crippen molar-refractivity contribution in [3.05, 3.63) is 40.2 Å². The number of hydrogen-bond donors (Lipinski definition) is 1. The lowest BCUT2D eigenvalue weighted by Gasteiger charge is -2.35. The molecule has 0 aromatic carbocycles. The number of thiazole rings is 1. The summed E-state index contributed by atoms with van der Waals surface area (Å²) >= 11 is 1.60. The number of hydrogen-bond acceptors (Lipinski definition) is 5. The number of piperidine rings is 1. The number of aryl methyl sites for hydroxylation is 1. The van der Waals surface area contributed by atoms with Crippen molar-refractivity contribution in [2.75, 3.05) is 20.3 Å². The Bertz CT molecular complexity index is 656. The number of urea groups is 1. The molecule has 0 unspecified atom stereocenters. The van der Waals surface area contributed by atoms with Crippen molar-refractivity contribution in [3.63, 3.8) is 0 Å². The van der Waals surface area contributed by atoms with Gasteiger partial charge < -0.3 is 19.4 Å². The second-order valence-corrected chi connectivity index (χ2v) is 6.91. The van der Waals surface area contributed by atoms with Crippen LogP contribution < -0.4 is 5.32 Å². The van der Waals surface area contributed by atoms with Crippen LogP contribution in [0.25, 0.3) is 0 Å². The predicted molar refractivity (Wildman–Crippen MR) is 92.0 cm³/mol. The first-order valence-corrected chi connectivity index (χ1v) is 9.09. The molecule has 130 valence electrons. The minimum absolute atomic E-state index is 0.0558. The Kier molecular flexibility index (Phi) is 5.52. The molecule has 0 saturated carbocycles.